The van der Waals surface area contributed by atoms with Gasteiger partial charge in [0.2, 0.25) is 0 Å². The fourth-order valence-corrected chi connectivity index (χ4v) is 3.56. The predicted molar refractivity (Wildman–Crippen MR) is 70.6 cm³/mol. The lowest BCUT2D eigenvalue weighted by Crippen LogP contribution is -2.28. The maximum atomic E-state index is 3.95. The van der Waals surface area contributed by atoms with Gasteiger partial charge >= 0.3 is 0 Å². The highest BCUT2D eigenvalue weighted by Crippen LogP contribution is 2.30. The summed E-state index contributed by atoms with van der Waals surface area (Å²) in [5.41, 5.74) is 1.52. The Balaban J connectivity index is 2.96. The van der Waals surface area contributed by atoms with Crippen LogP contribution in [-0.4, -0.2) is 19.4 Å². The van der Waals surface area contributed by atoms with E-state index in [4.69, 9.17) is 0 Å². The van der Waals surface area contributed by atoms with Gasteiger partial charge in [0.05, 0.1) is 27.5 Å². The molecule has 1 aliphatic heterocycles. The molecule has 84 valence electrons. The van der Waals surface area contributed by atoms with E-state index >= 15 is 0 Å². The van der Waals surface area contributed by atoms with Gasteiger partial charge in [0.1, 0.15) is 0 Å². The Morgan fingerprint density at radius 2 is 2.00 bits per heavy atom. The molecule has 15 heavy (non-hydrogen) atoms. The van der Waals surface area contributed by atoms with Crippen molar-refractivity contribution in [3.63, 3.8) is 0 Å². The zero-order valence-corrected chi connectivity index (χ0v) is 11.7. The molecular formula is C13H23NSi. The monoisotopic (exact) mass is 221 g/mol. The van der Waals surface area contributed by atoms with Gasteiger partial charge in [-0.15, -0.1) is 5.57 Å². The first-order valence-corrected chi connectivity index (χ1v) is 9.16. The van der Waals surface area contributed by atoms with Crippen molar-refractivity contribution in [3.8, 4) is 0 Å². The average Bonchev–Trinajstić information content (AvgIpc) is 2.05. The standard InChI is InChI=1S/C13H23NSi/c1-11(2)9-12-7-8-14(3)10-13(12)15(4,5)6/h7-8,10-11H,3,9H2,1-2,4-6H3. The molecule has 0 spiro atoms. The third kappa shape index (κ3) is 3.38. The molecule has 0 atom stereocenters. The van der Waals surface area contributed by atoms with Crippen molar-refractivity contribution in [1.29, 1.82) is 0 Å². The van der Waals surface area contributed by atoms with Crippen molar-refractivity contribution in [3.05, 3.63) is 29.6 Å². The largest absolute Gasteiger partial charge is 0.301 e. The van der Waals surface area contributed by atoms with E-state index in [1.165, 1.54) is 12.0 Å². The summed E-state index contributed by atoms with van der Waals surface area (Å²) < 4.78 is 1.93. The zero-order valence-electron chi connectivity index (χ0n) is 10.7. The maximum absolute atomic E-state index is 3.95. The molecule has 0 bridgehead atoms. The topological polar surface area (TPSA) is 3.01 Å². The maximum Gasteiger partial charge on any atom is 0.0867 e. The van der Waals surface area contributed by atoms with Gasteiger partial charge < -0.3 is 4.58 Å². The van der Waals surface area contributed by atoms with Crippen LogP contribution in [0.3, 0.4) is 0 Å². The number of hydrogen-bond donors (Lipinski definition) is 0. The fourth-order valence-electron chi connectivity index (χ4n) is 1.86. The molecule has 0 fully saturated rings. The Morgan fingerprint density at radius 3 is 2.47 bits per heavy atom. The van der Waals surface area contributed by atoms with Crippen LogP contribution < -0.4 is 0 Å². The van der Waals surface area contributed by atoms with Crippen LogP contribution >= 0.6 is 0 Å². The molecule has 1 nitrogen and oxygen atoms in total. The molecule has 0 saturated heterocycles. The summed E-state index contributed by atoms with van der Waals surface area (Å²) in [6.07, 6.45) is 5.63. The lowest BCUT2D eigenvalue weighted by atomic mass is 10.0. The first-order valence-electron chi connectivity index (χ1n) is 5.66. The Bertz CT molecular complexity index is 316. The van der Waals surface area contributed by atoms with Crippen LogP contribution in [0.25, 0.3) is 0 Å². The van der Waals surface area contributed by atoms with Crippen LogP contribution in [0.4, 0.5) is 0 Å². The molecule has 0 unspecified atom stereocenters. The minimum absolute atomic E-state index is 0.723. The third-order valence-electron chi connectivity index (χ3n) is 2.54. The minimum Gasteiger partial charge on any atom is -0.301 e. The summed E-state index contributed by atoms with van der Waals surface area (Å²) in [6, 6.07) is 0. The highest BCUT2D eigenvalue weighted by atomic mass is 28.3. The minimum atomic E-state index is -1.24. The molecule has 1 rings (SSSR count). The van der Waals surface area contributed by atoms with Gasteiger partial charge in [-0.1, -0.05) is 57.1 Å². The molecule has 1 aliphatic rings. The number of rotatable bonds is 3. The van der Waals surface area contributed by atoms with Crippen molar-refractivity contribution in [2.45, 2.75) is 39.9 Å². The molecule has 0 aromatic heterocycles. The SMILES string of the molecule is C=[N+]1C=C([Si](C)(C)C)C(CC(C)C)=C[CH-]1. The van der Waals surface area contributed by atoms with Crippen LogP contribution in [0.15, 0.2) is 23.0 Å². The zero-order chi connectivity index (χ0) is 11.6. The van der Waals surface area contributed by atoms with E-state index in [1.807, 2.05) is 4.58 Å². The van der Waals surface area contributed by atoms with Crippen LogP contribution in [0, 0.1) is 12.5 Å². The highest BCUT2D eigenvalue weighted by Gasteiger charge is 2.23. The molecule has 0 amide bonds. The summed E-state index contributed by atoms with van der Waals surface area (Å²) in [5.74, 6) is 0.723. The highest BCUT2D eigenvalue weighted by molar-refractivity contribution is 6.84. The van der Waals surface area contributed by atoms with Crippen LogP contribution in [0.2, 0.25) is 19.6 Å². The van der Waals surface area contributed by atoms with Crippen molar-refractivity contribution in [1.82, 2.24) is 0 Å². The molecule has 0 aromatic rings. The Labute approximate surface area is 95.2 Å². The van der Waals surface area contributed by atoms with Gasteiger partial charge in [-0.3, -0.25) is 0 Å². The van der Waals surface area contributed by atoms with Crippen molar-refractivity contribution in [2.24, 2.45) is 5.92 Å². The Morgan fingerprint density at radius 1 is 1.40 bits per heavy atom. The summed E-state index contributed by atoms with van der Waals surface area (Å²) in [6.45, 7) is 17.7. The fraction of sp³-hybridized carbons (Fsp3) is 0.538. The molecule has 0 saturated carbocycles. The summed E-state index contributed by atoms with van der Waals surface area (Å²) in [4.78, 5) is 0. The van der Waals surface area contributed by atoms with Gasteiger partial charge in [-0.05, 0) is 0 Å². The van der Waals surface area contributed by atoms with Gasteiger partial charge in [0, 0.05) is 0 Å². The van der Waals surface area contributed by atoms with E-state index in [0.29, 0.717) is 0 Å². The van der Waals surface area contributed by atoms with E-state index < -0.39 is 8.07 Å². The second kappa shape index (κ2) is 4.39. The van der Waals surface area contributed by atoms with Crippen LogP contribution in [0.5, 0.6) is 0 Å². The van der Waals surface area contributed by atoms with Crippen LogP contribution in [-0.2, 0) is 0 Å². The van der Waals surface area contributed by atoms with E-state index in [2.05, 4.69) is 59.0 Å². The van der Waals surface area contributed by atoms with Crippen LogP contribution in [0.1, 0.15) is 20.3 Å². The molecule has 0 aliphatic carbocycles. The predicted octanol–water partition coefficient (Wildman–Crippen LogP) is 3.61. The summed E-state index contributed by atoms with van der Waals surface area (Å²) in [7, 11) is -1.24. The van der Waals surface area contributed by atoms with E-state index in [1.54, 1.807) is 5.20 Å². The van der Waals surface area contributed by atoms with Gasteiger partial charge in [-0.25, -0.2) is 0 Å². The molecule has 0 radical (unpaired) electrons. The lowest BCUT2D eigenvalue weighted by Gasteiger charge is -2.30. The number of allylic oxidation sites excluding steroid dienone is 2. The molecule has 1 heterocycles. The third-order valence-corrected chi connectivity index (χ3v) is 4.61. The first kappa shape index (κ1) is 12.3. The number of nitrogens with zero attached hydrogens (tertiary/aromatic N) is 1. The molecular weight excluding hydrogens is 198 g/mol. The Hall–Kier alpha value is -0.763. The van der Waals surface area contributed by atoms with Crippen molar-refractivity contribution >= 4 is 14.8 Å². The summed E-state index contributed by atoms with van der Waals surface area (Å²) in [5, 5.41) is 1.55. The van der Waals surface area contributed by atoms with Gasteiger partial charge in [-0.2, -0.15) is 0 Å². The molecule has 2 heteroatoms. The van der Waals surface area contributed by atoms with Crippen molar-refractivity contribution in [2.75, 3.05) is 0 Å². The first-order chi connectivity index (χ1) is 6.80. The van der Waals surface area contributed by atoms with Crippen molar-refractivity contribution < 1.29 is 4.58 Å². The second-order valence-corrected chi connectivity index (χ2v) is 10.8. The summed E-state index contributed by atoms with van der Waals surface area (Å²) >= 11 is 0. The van der Waals surface area contributed by atoms with E-state index in [9.17, 15) is 0 Å². The second-order valence-electron chi connectivity index (χ2n) is 5.75. The Kier molecular flexibility index (Phi) is 3.61. The molecule has 0 aromatic carbocycles. The van der Waals surface area contributed by atoms with E-state index in [-0.39, 0.29) is 0 Å². The smallest absolute Gasteiger partial charge is 0.0867 e. The van der Waals surface area contributed by atoms with Gasteiger partial charge in [0.25, 0.3) is 0 Å². The average molecular weight is 221 g/mol. The normalized spacial score (nSPS) is 17.3. The quantitative estimate of drug-likeness (QED) is 0.389. The molecule has 0 N–H and O–H groups in total. The van der Waals surface area contributed by atoms with E-state index in [0.717, 1.165) is 5.92 Å². The lowest BCUT2D eigenvalue weighted by molar-refractivity contribution is -0.396. The van der Waals surface area contributed by atoms with Gasteiger partial charge in [0.15, 0.2) is 0 Å². The number of hydrogen-bond acceptors (Lipinski definition) is 0.